The first kappa shape index (κ1) is 24.5. The van der Waals surface area contributed by atoms with Crippen molar-refractivity contribution in [3.63, 3.8) is 0 Å². The molecule has 10 heteroatoms. The molecule has 1 aliphatic rings. The summed E-state index contributed by atoms with van der Waals surface area (Å²) in [6.45, 7) is 2.01. The summed E-state index contributed by atoms with van der Waals surface area (Å²) < 4.78 is 0. The number of thioether (sulfide) groups is 1. The van der Waals surface area contributed by atoms with Crippen LogP contribution >= 0.6 is 11.8 Å². The average molecular weight is 492 g/mol. The second-order valence-electron chi connectivity index (χ2n) is 8.21. The molecule has 0 spiro atoms. The second kappa shape index (κ2) is 11.7. The van der Waals surface area contributed by atoms with Gasteiger partial charge in [0, 0.05) is 29.6 Å². The number of urea groups is 1. The van der Waals surface area contributed by atoms with Gasteiger partial charge in [-0.05, 0) is 49.4 Å². The largest absolute Gasteiger partial charge is 0.382 e. The predicted octanol–water partition coefficient (Wildman–Crippen LogP) is 3.25. The molecule has 9 nitrogen and oxygen atoms in total. The first-order chi connectivity index (χ1) is 17.0. The van der Waals surface area contributed by atoms with Gasteiger partial charge in [0.25, 0.3) is 5.91 Å². The fourth-order valence-electron chi connectivity index (χ4n) is 3.87. The highest BCUT2D eigenvalue weighted by Crippen LogP contribution is 2.24. The van der Waals surface area contributed by atoms with E-state index in [1.54, 1.807) is 18.0 Å². The zero-order valence-electron chi connectivity index (χ0n) is 19.5. The SMILES string of the molecule is CSc1ccccc1NC(=O)NCc1cccc(-c2cnc(N)c(C(=O)NC3CCCNC3)n2)c1. The van der Waals surface area contributed by atoms with Gasteiger partial charge in [0.2, 0.25) is 0 Å². The zero-order valence-corrected chi connectivity index (χ0v) is 20.3. The third-order valence-corrected chi connectivity index (χ3v) is 6.47. The van der Waals surface area contributed by atoms with Crippen LogP contribution in [-0.4, -0.2) is 47.3 Å². The van der Waals surface area contributed by atoms with E-state index in [9.17, 15) is 9.59 Å². The summed E-state index contributed by atoms with van der Waals surface area (Å²) in [5, 5.41) is 12.0. The number of nitrogens with one attached hydrogen (secondary N) is 4. The van der Waals surface area contributed by atoms with E-state index in [4.69, 9.17) is 5.73 Å². The van der Waals surface area contributed by atoms with Gasteiger partial charge >= 0.3 is 6.03 Å². The van der Waals surface area contributed by atoms with Crippen LogP contribution in [0.15, 0.2) is 59.6 Å². The van der Waals surface area contributed by atoms with Gasteiger partial charge in [-0.3, -0.25) is 4.79 Å². The molecule has 1 aromatic heterocycles. The van der Waals surface area contributed by atoms with Crippen LogP contribution in [0.4, 0.5) is 16.3 Å². The van der Waals surface area contributed by atoms with Crippen LogP contribution in [-0.2, 0) is 6.54 Å². The van der Waals surface area contributed by atoms with Crippen molar-refractivity contribution in [1.82, 2.24) is 25.9 Å². The molecular weight excluding hydrogens is 462 g/mol. The van der Waals surface area contributed by atoms with Gasteiger partial charge in [-0.15, -0.1) is 11.8 Å². The molecule has 1 unspecified atom stereocenters. The van der Waals surface area contributed by atoms with Crippen molar-refractivity contribution in [1.29, 1.82) is 0 Å². The Labute approximate surface area is 208 Å². The maximum absolute atomic E-state index is 12.8. The molecule has 1 saturated heterocycles. The van der Waals surface area contributed by atoms with E-state index in [-0.39, 0.29) is 29.5 Å². The lowest BCUT2D eigenvalue weighted by molar-refractivity contribution is 0.0926. The van der Waals surface area contributed by atoms with Crippen LogP contribution < -0.4 is 27.0 Å². The normalized spacial score (nSPS) is 15.3. The molecule has 2 aromatic carbocycles. The van der Waals surface area contributed by atoms with Crippen molar-refractivity contribution in [3.8, 4) is 11.3 Å². The molecule has 1 atom stereocenters. The molecule has 3 aromatic rings. The third kappa shape index (κ3) is 6.49. The maximum Gasteiger partial charge on any atom is 0.319 e. The fraction of sp³-hybridized carbons (Fsp3) is 0.280. The van der Waals surface area contributed by atoms with Crippen molar-refractivity contribution in [2.24, 2.45) is 0 Å². The Bertz CT molecular complexity index is 1200. The van der Waals surface area contributed by atoms with Crippen LogP contribution in [0.1, 0.15) is 28.9 Å². The first-order valence-corrected chi connectivity index (χ1v) is 12.7. The van der Waals surface area contributed by atoms with Crippen LogP contribution in [0, 0.1) is 0 Å². The van der Waals surface area contributed by atoms with Crippen molar-refractivity contribution >= 4 is 35.2 Å². The van der Waals surface area contributed by atoms with E-state index in [0.717, 1.165) is 47.6 Å². The molecule has 0 aliphatic carbocycles. The Balaban J connectivity index is 1.42. The quantitative estimate of drug-likeness (QED) is 0.320. The van der Waals surface area contributed by atoms with Gasteiger partial charge in [-0.1, -0.05) is 30.3 Å². The Kier molecular flexibility index (Phi) is 8.17. The van der Waals surface area contributed by atoms with E-state index in [1.807, 2.05) is 54.8 Å². The highest BCUT2D eigenvalue weighted by molar-refractivity contribution is 7.98. The maximum atomic E-state index is 12.8. The number of amides is 3. The number of carbonyl (C=O) groups excluding carboxylic acids is 2. The minimum absolute atomic E-state index is 0.0459. The van der Waals surface area contributed by atoms with Gasteiger partial charge in [-0.2, -0.15) is 0 Å². The predicted molar refractivity (Wildman–Crippen MR) is 139 cm³/mol. The topological polar surface area (TPSA) is 134 Å². The number of anilines is 2. The van der Waals surface area contributed by atoms with E-state index >= 15 is 0 Å². The Morgan fingerprint density at radius 3 is 2.86 bits per heavy atom. The van der Waals surface area contributed by atoms with E-state index in [1.165, 1.54) is 0 Å². The van der Waals surface area contributed by atoms with E-state index in [2.05, 4.69) is 31.2 Å². The third-order valence-electron chi connectivity index (χ3n) is 5.68. The standard InChI is InChI=1S/C25H29N7O2S/c1-35-21-10-3-2-9-19(21)32-25(34)29-13-16-6-4-7-17(12-16)20-15-28-23(26)22(31-20)24(33)30-18-8-5-11-27-14-18/h2-4,6-7,9-10,12,15,18,27H,5,8,11,13-14H2,1H3,(H2,26,28)(H,30,33)(H2,29,32,34). The van der Waals surface area contributed by atoms with E-state index in [0.29, 0.717) is 12.2 Å². The number of nitrogens with zero attached hydrogens (tertiary/aromatic N) is 2. The molecule has 3 amide bonds. The van der Waals surface area contributed by atoms with Gasteiger partial charge in [-0.25, -0.2) is 14.8 Å². The number of aromatic nitrogens is 2. The van der Waals surface area contributed by atoms with Crippen molar-refractivity contribution in [3.05, 3.63) is 66.0 Å². The number of hydrogen-bond donors (Lipinski definition) is 5. The van der Waals surface area contributed by atoms with Crippen LogP contribution in [0.25, 0.3) is 11.3 Å². The second-order valence-corrected chi connectivity index (χ2v) is 9.06. The van der Waals surface area contributed by atoms with Gasteiger partial charge in [0.05, 0.1) is 17.6 Å². The highest BCUT2D eigenvalue weighted by Gasteiger charge is 2.20. The zero-order chi connectivity index (χ0) is 24.6. The molecule has 4 rings (SSSR count). The molecule has 0 radical (unpaired) electrons. The number of piperidine rings is 1. The number of rotatable bonds is 7. The minimum atomic E-state index is -0.328. The Hall–Kier alpha value is -3.63. The lowest BCUT2D eigenvalue weighted by atomic mass is 10.1. The van der Waals surface area contributed by atoms with Crippen LogP contribution in [0.5, 0.6) is 0 Å². The van der Waals surface area contributed by atoms with Gasteiger partial charge in [0.15, 0.2) is 11.5 Å². The lowest BCUT2D eigenvalue weighted by Crippen LogP contribution is -2.46. The number of carbonyl (C=O) groups is 2. The summed E-state index contributed by atoms with van der Waals surface area (Å²) in [7, 11) is 0. The molecule has 6 N–H and O–H groups in total. The molecule has 2 heterocycles. The molecule has 0 bridgehead atoms. The Morgan fingerprint density at radius 1 is 1.20 bits per heavy atom. The van der Waals surface area contributed by atoms with Crippen LogP contribution in [0.2, 0.25) is 0 Å². The van der Waals surface area contributed by atoms with Gasteiger partial charge in [0.1, 0.15) is 0 Å². The number of hydrogen-bond acceptors (Lipinski definition) is 7. The Morgan fingerprint density at radius 2 is 2.06 bits per heavy atom. The molecule has 0 saturated carbocycles. The number of benzene rings is 2. The molecular formula is C25H29N7O2S. The number of nitrogens with two attached hydrogens (primary N) is 1. The molecule has 182 valence electrons. The summed E-state index contributed by atoms with van der Waals surface area (Å²) in [5.74, 6) is -0.236. The summed E-state index contributed by atoms with van der Waals surface area (Å²) in [4.78, 5) is 34.9. The summed E-state index contributed by atoms with van der Waals surface area (Å²) >= 11 is 1.57. The molecule has 35 heavy (non-hydrogen) atoms. The van der Waals surface area contributed by atoms with Gasteiger partial charge < -0.3 is 27.0 Å². The number of nitrogen functional groups attached to an aromatic ring is 1. The monoisotopic (exact) mass is 491 g/mol. The van der Waals surface area contributed by atoms with Crippen molar-refractivity contribution in [2.75, 3.05) is 30.4 Å². The van der Waals surface area contributed by atoms with Crippen LogP contribution in [0.3, 0.4) is 0 Å². The lowest BCUT2D eigenvalue weighted by Gasteiger charge is -2.23. The average Bonchev–Trinajstić information content (AvgIpc) is 2.89. The van der Waals surface area contributed by atoms with E-state index < -0.39 is 0 Å². The smallest absolute Gasteiger partial charge is 0.319 e. The summed E-state index contributed by atoms with van der Waals surface area (Å²) in [6.07, 6.45) is 5.44. The minimum Gasteiger partial charge on any atom is -0.382 e. The van der Waals surface area contributed by atoms with Crippen molar-refractivity contribution in [2.45, 2.75) is 30.3 Å². The highest BCUT2D eigenvalue weighted by atomic mass is 32.2. The molecule has 1 aliphatic heterocycles. The first-order valence-electron chi connectivity index (χ1n) is 11.4. The number of para-hydroxylation sites is 1. The molecule has 1 fully saturated rings. The van der Waals surface area contributed by atoms with Crippen molar-refractivity contribution < 1.29 is 9.59 Å². The summed E-state index contributed by atoms with van der Waals surface area (Å²) in [5.41, 5.74) is 9.03. The fourth-order valence-corrected chi connectivity index (χ4v) is 4.42. The summed E-state index contributed by atoms with van der Waals surface area (Å²) in [6, 6.07) is 15.0.